The fourth-order valence-electron chi connectivity index (χ4n) is 1.77. The first kappa shape index (κ1) is 22.3. The van der Waals surface area contributed by atoms with Crippen molar-refractivity contribution >= 4 is 5.97 Å². The van der Waals surface area contributed by atoms with E-state index in [2.05, 4.69) is 26.0 Å². The van der Waals surface area contributed by atoms with E-state index in [1.807, 2.05) is 18.2 Å². The average Bonchev–Trinajstić information content (AvgIpc) is 2.39. The van der Waals surface area contributed by atoms with Gasteiger partial charge in [-0.3, -0.25) is 4.79 Å². The van der Waals surface area contributed by atoms with Gasteiger partial charge in [0.2, 0.25) is 0 Å². The van der Waals surface area contributed by atoms with Crippen molar-refractivity contribution in [3.05, 3.63) is 35.9 Å². The maximum Gasteiger partial charge on any atom is 0.303 e. The first-order valence-electron chi connectivity index (χ1n) is 7.40. The molecule has 0 heterocycles. The van der Waals surface area contributed by atoms with Crippen LogP contribution in [-0.4, -0.2) is 11.1 Å². The third-order valence-corrected chi connectivity index (χ3v) is 2.93. The summed E-state index contributed by atoms with van der Waals surface area (Å²) >= 11 is 0. The molecular weight excluding hydrogens is 380 g/mol. The Morgan fingerprint density at radius 3 is 1.85 bits per heavy atom. The van der Waals surface area contributed by atoms with Crippen LogP contribution in [0.25, 0.3) is 0 Å². The summed E-state index contributed by atoms with van der Waals surface area (Å²) in [5.41, 5.74) is 1.32. The van der Waals surface area contributed by atoms with E-state index in [1.54, 1.807) is 0 Å². The van der Waals surface area contributed by atoms with Gasteiger partial charge in [0.05, 0.1) is 0 Å². The molecule has 1 rings (SSSR count). The van der Waals surface area contributed by atoms with Gasteiger partial charge in [-0.25, -0.2) is 0 Å². The first-order chi connectivity index (χ1) is 9.16. The van der Waals surface area contributed by atoms with Crippen LogP contribution < -0.4 is 0 Å². The van der Waals surface area contributed by atoms with Gasteiger partial charge in [0.15, 0.2) is 0 Å². The maximum atomic E-state index is 10.1. The second-order valence-electron chi connectivity index (χ2n) is 4.92. The number of unbranched alkanes of at least 4 members (excludes halogenated alkanes) is 6. The van der Waals surface area contributed by atoms with Gasteiger partial charge in [-0.1, -0.05) is 81.3 Å². The molecule has 0 atom stereocenters. The zero-order valence-electron chi connectivity index (χ0n) is 12.9. The molecule has 20 heavy (non-hydrogen) atoms. The van der Waals surface area contributed by atoms with Crippen molar-refractivity contribution in [3.63, 3.8) is 0 Å². The van der Waals surface area contributed by atoms with Gasteiger partial charge >= 0.3 is 5.97 Å². The van der Waals surface area contributed by atoms with Gasteiger partial charge in [-0.2, -0.15) is 0 Å². The first-order valence-corrected chi connectivity index (χ1v) is 7.40. The largest absolute Gasteiger partial charge is 0.481 e. The van der Waals surface area contributed by atoms with Crippen LogP contribution in [0.1, 0.15) is 63.9 Å². The molecule has 0 fully saturated rings. The molecule has 0 unspecified atom stereocenters. The van der Waals surface area contributed by atoms with Crippen molar-refractivity contribution in [3.8, 4) is 0 Å². The topological polar surface area (TPSA) is 37.3 Å². The van der Waals surface area contributed by atoms with Crippen molar-refractivity contribution in [1.82, 2.24) is 0 Å². The molecule has 1 aromatic carbocycles. The van der Waals surface area contributed by atoms with E-state index in [1.165, 1.54) is 37.7 Å². The molecule has 0 aliphatic heterocycles. The third-order valence-electron chi connectivity index (χ3n) is 2.93. The Bertz CT molecular complexity index is 312. The predicted octanol–water partition coefficient (Wildman–Crippen LogP) is 5.21. The number of carbonyl (C=O) groups is 1. The Balaban J connectivity index is 0. The number of rotatable bonds is 8. The molecule has 0 saturated carbocycles. The summed E-state index contributed by atoms with van der Waals surface area (Å²) < 4.78 is 0. The van der Waals surface area contributed by atoms with E-state index in [9.17, 15) is 4.79 Å². The minimum atomic E-state index is -0.663. The van der Waals surface area contributed by atoms with Crippen LogP contribution in [0.5, 0.6) is 0 Å². The van der Waals surface area contributed by atoms with Gasteiger partial charge in [-0.05, 0) is 13.3 Å². The van der Waals surface area contributed by atoms with E-state index in [0.717, 1.165) is 12.8 Å². The Morgan fingerprint density at radius 2 is 1.45 bits per heavy atom. The molecule has 0 saturated heterocycles. The molecule has 0 aliphatic carbocycles. The van der Waals surface area contributed by atoms with Crippen molar-refractivity contribution in [2.75, 3.05) is 0 Å². The summed E-state index contributed by atoms with van der Waals surface area (Å²) in [6.45, 7) is 4.28. The fraction of sp³-hybridized carbons (Fsp3) is 0.588. The minimum Gasteiger partial charge on any atom is -0.481 e. The minimum absolute atomic E-state index is 0. The molecule has 0 amide bonds. The molecule has 2 nitrogen and oxygen atoms in total. The smallest absolute Gasteiger partial charge is 0.303 e. The van der Waals surface area contributed by atoms with Crippen LogP contribution >= 0.6 is 0 Å². The second-order valence-corrected chi connectivity index (χ2v) is 4.92. The van der Waals surface area contributed by atoms with Gasteiger partial charge in [0.1, 0.15) is 0 Å². The van der Waals surface area contributed by atoms with Crippen molar-refractivity contribution in [2.24, 2.45) is 0 Å². The van der Waals surface area contributed by atoms with E-state index in [0.29, 0.717) is 6.42 Å². The number of aryl methyl sites for hydroxylation is 1. The number of carboxylic acids is 1. The number of hydrogen-bond donors (Lipinski definition) is 1. The third kappa shape index (κ3) is 18.0. The van der Waals surface area contributed by atoms with Crippen LogP contribution in [0.3, 0.4) is 0 Å². The maximum absolute atomic E-state index is 10.1. The molecule has 0 spiro atoms. The molecule has 0 bridgehead atoms. The summed E-state index contributed by atoms with van der Waals surface area (Å²) in [6, 6.07) is 10.3. The SMILES string of the molecule is CCCCCCCCCC(=O)O.Cc1ccccc1.[Nd]. The van der Waals surface area contributed by atoms with Crippen LogP contribution in [0, 0.1) is 47.8 Å². The zero-order chi connectivity index (χ0) is 14.3. The van der Waals surface area contributed by atoms with Crippen LogP contribution in [0.15, 0.2) is 30.3 Å². The monoisotopic (exact) mass is 406 g/mol. The molecule has 0 aliphatic rings. The van der Waals surface area contributed by atoms with E-state index < -0.39 is 5.97 Å². The predicted molar refractivity (Wildman–Crippen MR) is 81.4 cm³/mol. The summed E-state index contributed by atoms with van der Waals surface area (Å²) in [4.78, 5) is 10.1. The van der Waals surface area contributed by atoms with E-state index >= 15 is 0 Å². The van der Waals surface area contributed by atoms with Crippen LogP contribution in [0.2, 0.25) is 0 Å². The number of carboxylic acid groups (broad SMARTS) is 1. The summed E-state index contributed by atoms with van der Waals surface area (Å²) in [6.07, 6.45) is 8.64. The van der Waals surface area contributed by atoms with Gasteiger partial charge in [0, 0.05) is 47.3 Å². The molecule has 1 aromatic rings. The average molecular weight is 409 g/mol. The van der Waals surface area contributed by atoms with E-state index in [-0.39, 0.29) is 40.8 Å². The second kappa shape index (κ2) is 17.1. The Kier molecular flexibility index (Phi) is 19.1. The molecule has 1 N–H and O–H groups in total. The number of aliphatic carboxylic acids is 1. The molecular formula is C17H28NdO2. The Hall–Kier alpha value is 0.0406. The zero-order valence-corrected chi connectivity index (χ0v) is 16.1. The standard InChI is InChI=1S/C10H20O2.C7H8.Nd/c1-2-3-4-5-6-7-8-9-10(11)12;1-7-5-3-2-4-6-7;/h2-9H2,1H3,(H,11,12);2-6H,1H3;. The summed E-state index contributed by atoms with van der Waals surface area (Å²) in [5, 5.41) is 8.35. The Morgan fingerprint density at radius 1 is 0.950 bits per heavy atom. The molecule has 0 radical (unpaired) electrons. The summed E-state index contributed by atoms with van der Waals surface area (Å²) in [7, 11) is 0. The van der Waals surface area contributed by atoms with Crippen LogP contribution in [-0.2, 0) is 4.79 Å². The Labute approximate surface area is 156 Å². The van der Waals surface area contributed by atoms with Crippen molar-refractivity contribution < 1.29 is 50.7 Å². The van der Waals surface area contributed by atoms with Crippen molar-refractivity contribution in [2.45, 2.75) is 65.2 Å². The molecule has 0 aromatic heterocycles. The van der Waals surface area contributed by atoms with Gasteiger partial charge in [0.25, 0.3) is 0 Å². The quantitative estimate of drug-likeness (QED) is 0.600. The number of hydrogen-bond acceptors (Lipinski definition) is 1. The summed E-state index contributed by atoms with van der Waals surface area (Å²) in [5.74, 6) is -0.663. The molecule has 3 heteroatoms. The van der Waals surface area contributed by atoms with Crippen molar-refractivity contribution in [1.29, 1.82) is 0 Å². The normalized spacial score (nSPS) is 9.10. The van der Waals surface area contributed by atoms with Gasteiger partial charge in [-0.15, -0.1) is 0 Å². The van der Waals surface area contributed by atoms with E-state index in [4.69, 9.17) is 5.11 Å². The fourth-order valence-corrected chi connectivity index (χ4v) is 1.77. The van der Waals surface area contributed by atoms with Crippen LogP contribution in [0.4, 0.5) is 0 Å². The number of benzene rings is 1. The molecule has 112 valence electrons. The van der Waals surface area contributed by atoms with Gasteiger partial charge < -0.3 is 5.11 Å².